The largest absolute Gasteiger partial charge is 0.394 e. The van der Waals surface area contributed by atoms with Gasteiger partial charge >= 0.3 is 10.2 Å². The summed E-state index contributed by atoms with van der Waals surface area (Å²) in [4.78, 5) is 12.6. The van der Waals surface area contributed by atoms with E-state index < -0.39 is 27.4 Å². The van der Waals surface area contributed by atoms with E-state index in [4.69, 9.17) is 5.11 Å². The maximum Gasteiger partial charge on any atom is 0.307 e. The van der Waals surface area contributed by atoms with Crippen LogP contribution in [0.25, 0.3) is 0 Å². The van der Waals surface area contributed by atoms with Gasteiger partial charge < -0.3 is 10.0 Å². The number of carbonyl (C=O) groups is 1. The number of carbonyl (C=O) groups excluding carboxylic acids is 1. The standard InChI is InChI=1S/C8H14FNO4S/c1-2-6(5-11)10-4-7(3-8(10)12)15(9,13)14/h6-7,11H,2-5H2,1H3/t6-,7?/m0/s1. The van der Waals surface area contributed by atoms with Crippen molar-refractivity contribution in [2.24, 2.45) is 0 Å². The number of amides is 1. The third-order valence-electron chi connectivity index (χ3n) is 2.64. The second kappa shape index (κ2) is 4.44. The van der Waals surface area contributed by atoms with Gasteiger partial charge in [0, 0.05) is 13.0 Å². The Morgan fingerprint density at radius 2 is 2.27 bits per heavy atom. The number of aliphatic hydroxyl groups is 1. The molecule has 1 unspecified atom stereocenters. The highest BCUT2D eigenvalue weighted by Gasteiger charge is 2.40. The quantitative estimate of drug-likeness (QED) is 0.681. The highest BCUT2D eigenvalue weighted by atomic mass is 32.3. The fraction of sp³-hybridized carbons (Fsp3) is 0.875. The van der Waals surface area contributed by atoms with Crippen molar-refractivity contribution in [2.75, 3.05) is 13.2 Å². The summed E-state index contributed by atoms with van der Waals surface area (Å²) in [5, 5.41) is 7.68. The van der Waals surface area contributed by atoms with Gasteiger partial charge in [-0.1, -0.05) is 6.92 Å². The first-order valence-corrected chi connectivity index (χ1v) is 6.18. The number of likely N-dealkylation sites (tertiary alicyclic amines) is 1. The fourth-order valence-corrected chi connectivity index (χ4v) is 2.37. The Hall–Kier alpha value is -0.690. The molecule has 0 aromatic rings. The van der Waals surface area contributed by atoms with Crippen molar-refractivity contribution < 1.29 is 22.2 Å². The van der Waals surface area contributed by atoms with Gasteiger partial charge in [0.05, 0.1) is 12.6 Å². The SMILES string of the molecule is CC[C@@H](CO)N1CC(S(=O)(=O)F)CC1=O. The lowest BCUT2D eigenvalue weighted by molar-refractivity contribution is -0.130. The second-order valence-electron chi connectivity index (χ2n) is 3.59. The van der Waals surface area contributed by atoms with E-state index in [0.717, 1.165) is 0 Å². The third kappa shape index (κ3) is 2.66. The summed E-state index contributed by atoms with van der Waals surface area (Å²) in [6.07, 6.45) is 0.191. The van der Waals surface area contributed by atoms with Crippen LogP contribution >= 0.6 is 0 Å². The number of hydrogen-bond donors (Lipinski definition) is 1. The summed E-state index contributed by atoms with van der Waals surface area (Å²) in [6.45, 7) is 1.38. The molecule has 1 amide bonds. The van der Waals surface area contributed by atoms with Crippen LogP contribution in [0.2, 0.25) is 0 Å². The Kier molecular flexibility index (Phi) is 3.67. The molecule has 1 N–H and O–H groups in total. The molecule has 1 aliphatic rings. The summed E-state index contributed by atoms with van der Waals surface area (Å²) in [5.41, 5.74) is 0. The zero-order valence-electron chi connectivity index (χ0n) is 8.39. The van der Waals surface area contributed by atoms with Crippen LogP contribution < -0.4 is 0 Å². The van der Waals surface area contributed by atoms with Crippen LogP contribution in [0, 0.1) is 0 Å². The Balaban J connectivity index is 2.77. The molecule has 0 bridgehead atoms. The minimum absolute atomic E-state index is 0.156. The van der Waals surface area contributed by atoms with Crippen LogP contribution in [0.3, 0.4) is 0 Å². The molecule has 0 aromatic carbocycles. The summed E-state index contributed by atoms with van der Waals surface area (Å²) < 4.78 is 33.9. The molecule has 2 atom stereocenters. The Bertz CT molecular complexity index is 339. The van der Waals surface area contributed by atoms with Crippen LogP contribution in [0.5, 0.6) is 0 Å². The summed E-state index contributed by atoms with van der Waals surface area (Å²) >= 11 is 0. The van der Waals surface area contributed by atoms with Crippen molar-refractivity contribution in [3.05, 3.63) is 0 Å². The normalized spacial score (nSPS) is 24.6. The number of rotatable bonds is 4. The molecule has 1 saturated heterocycles. The zero-order chi connectivity index (χ0) is 11.6. The summed E-state index contributed by atoms with van der Waals surface area (Å²) in [7, 11) is -4.66. The highest BCUT2D eigenvalue weighted by Crippen LogP contribution is 2.22. The average Bonchev–Trinajstić information content (AvgIpc) is 2.50. The fourth-order valence-electron chi connectivity index (χ4n) is 1.69. The first kappa shape index (κ1) is 12.4. The number of nitrogens with zero attached hydrogens (tertiary/aromatic N) is 1. The van der Waals surface area contributed by atoms with Gasteiger partial charge in [-0.15, -0.1) is 3.89 Å². The van der Waals surface area contributed by atoms with E-state index in [1.807, 2.05) is 0 Å². The lowest BCUT2D eigenvalue weighted by Crippen LogP contribution is -2.39. The van der Waals surface area contributed by atoms with Gasteiger partial charge in [0.25, 0.3) is 0 Å². The maximum absolute atomic E-state index is 12.6. The van der Waals surface area contributed by atoms with Crippen molar-refractivity contribution in [1.82, 2.24) is 4.90 Å². The number of halogens is 1. The molecule has 15 heavy (non-hydrogen) atoms. The topological polar surface area (TPSA) is 74.7 Å². The van der Waals surface area contributed by atoms with E-state index in [-0.39, 0.29) is 19.6 Å². The predicted octanol–water partition coefficient (Wildman–Crippen LogP) is -0.343. The first-order chi connectivity index (χ1) is 6.90. The molecule has 0 aromatic heterocycles. The van der Waals surface area contributed by atoms with Gasteiger partial charge in [-0.3, -0.25) is 4.79 Å². The molecule has 0 spiro atoms. The number of aliphatic hydroxyl groups excluding tert-OH is 1. The summed E-state index contributed by atoms with van der Waals surface area (Å²) in [6, 6.07) is -0.413. The van der Waals surface area contributed by atoms with E-state index in [0.29, 0.717) is 6.42 Å². The van der Waals surface area contributed by atoms with Crippen LogP contribution in [0.15, 0.2) is 0 Å². The Morgan fingerprint density at radius 1 is 1.67 bits per heavy atom. The van der Waals surface area contributed by atoms with E-state index in [2.05, 4.69) is 0 Å². The molecular weight excluding hydrogens is 225 g/mol. The van der Waals surface area contributed by atoms with Gasteiger partial charge in [0.1, 0.15) is 5.25 Å². The van der Waals surface area contributed by atoms with Crippen molar-refractivity contribution in [1.29, 1.82) is 0 Å². The van der Waals surface area contributed by atoms with Gasteiger partial charge in [-0.2, -0.15) is 8.42 Å². The predicted molar refractivity (Wildman–Crippen MR) is 51.3 cm³/mol. The highest BCUT2D eigenvalue weighted by molar-refractivity contribution is 7.87. The molecule has 1 fully saturated rings. The molecule has 1 rings (SSSR count). The molecular formula is C8H14FNO4S. The van der Waals surface area contributed by atoms with Crippen LogP contribution in [-0.2, 0) is 15.0 Å². The Labute approximate surface area is 88.1 Å². The minimum Gasteiger partial charge on any atom is -0.394 e. The van der Waals surface area contributed by atoms with E-state index in [1.165, 1.54) is 4.90 Å². The molecule has 1 aliphatic heterocycles. The van der Waals surface area contributed by atoms with Crippen LogP contribution in [-0.4, -0.2) is 48.8 Å². The van der Waals surface area contributed by atoms with Crippen molar-refractivity contribution >= 4 is 16.1 Å². The van der Waals surface area contributed by atoms with Gasteiger partial charge in [0.15, 0.2) is 0 Å². The first-order valence-electron chi connectivity index (χ1n) is 4.74. The van der Waals surface area contributed by atoms with Crippen LogP contribution in [0.4, 0.5) is 3.89 Å². The molecule has 0 saturated carbocycles. The van der Waals surface area contributed by atoms with Crippen molar-refractivity contribution in [3.8, 4) is 0 Å². The lowest BCUT2D eigenvalue weighted by Gasteiger charge is -2.24. The summed E-state index contributed by atoms with van der Waals surface area (Å²) in [5.74, 6) is -0.415. The zero-order valence-corrected chi connectivity index (χ0v) is 9.21. The second-order valence-corrected chi connectivity index (χ2v) is 5.21. The van der Waals surface area contributed by atoms with Crippen molar-refractivity contribution in [2.45, 2.75) is 31.1 Å². The molecule has 0 aliphatic carbocycles. The minimum atomic E-state index is -4.66. The smallest absolute Gasteiger partial charge is 0.307 e. The van der Waals surface area contributed by atoms with Gasteiger partial charge in [0.2, 0.25) is 5.91 Å². The van der Waals surface area contributed by atoms with E-state index in [1.54, 1.807) is 6.92 Å². The number of hydrogen-bond acceptors (Lipinski definition) is 4. The van der Waals surface area contributed by atoms with Gasteiger partial charge in [-0.05, 0) is 6.42 Å². The molecule has 5 nitrogen and oxygen atoms in total. The van der Waals surface area contributed by atoms with E-state index in [9.17, 15) is 17.1 Å². The Morgan fingerprint density at radius 3 is 2.60 bits per heavy atom. The van der Waals surface area contributed by atoms with Crippen LogP contribution in [0.1, 0.15) is 19.8 Å². The molecule has 0 radical (unpaired) electrons. The molecule has 1 heterocycles. The lowest BCUT2D eigenvalue weighted by atomic mass is 10.2. The third-order valence-corrected chi connectivity index (χ3v) is 3.76. The van der Waals surface area contributed by atoms with Crippen molar-refractivity contribution in [3.63, 3.8) is 0 Å². The van der Waals surface area contributed by atoms with Gasteiger partial charge in [-0.25, -0.2) is 0 Å². The monoisotopic (exact) mass is 239 g/mol. The van der Waals surface area contributed by atoms with E-state index >= 15 is 0 Å². The molecule has 7 heteroatoms. The average molecular weight is 239 g/mol. The maximum atomic E-state index is 12.6. The molecule has 88 valence electrons.